The lowest BCUT2D eigenvalue weighted by Crippen LogP contribution is -2.45. The molecular weight excluding hydrogens is 383 g/mol. The molecule has 2 fully saturated rings. The summed E-state index contributed by atoms with van der Waals surface area (Å²) in [5, 5.41) is 8.91. The number of benzene rings is 1. The highest BCUT2D eigenvalue weighted by molar-refractivity contribution is 5.90. The number of amides is 2. The van der Waals surface area contributed by atoms with Crippen LogP contribution in [0.2, 0.25) is 0 Å². The van der Waals surface area contributed by atoms with Crippen molar-refractivity contribution in [3.63, 3.8) is 0 Å². The fourth-order valence-electron chi connectivity index (χ4n) is 3.83. The molecule has 2 aliphatic heterocycles. The Labute approximate surface area is 172 Å². The van der Waals surface area contributed by atoms with Gasteiger partial charge in [-0.25, -0.2) is 4.39 Å². The molecule has 3 rings (SSSR count). The van der Waals surface area contributed by atoms with Crippen LogP contribution in [0.4, 0.5) is 10.1 Å². The third-order valence-corrected chi connectivity index (χ3v) is 5.35. The first-order valence-electron chi connectivity index (χ1n) is 9.89. The Morgan fingerprint density at radius 1 is 1.21 bits per heavy atom. The van der Waals surface area contributed by atoms with Crippen LogP contribution >= 0.6 is 12.4 Å². The number of anilines is 1. The molecule has 0 spiro atoms. The van der Waals surface area contributed by atoms with Gasteiger partial charge in [0.2, 0.25) is 11.8 Å². The predicted octanol–water partition coefficient (Wildman–Crippen LogP) is 2.16. The van der Waals surface area contributed by atoms with E-state index in [4.69, 9.17) is 0 Å². The summed E-state index contributed by atoms with van der Waals surface area (Å²) in [5.74, 6) is -0.0770. The Balaban J connectivity index is 0.00000280. The minimum Gasteiger partial charge on any atom is -0.354 e. The van der Waals surface area contributed by atoms with E-state index in [1.165, 1.54) is 6.07 Å². The number of piperidine rings is 1. The van der Waals surface area contributed by atoms with Crippen molar-refractivity contribution in [1.82, 2.24) is 15.5 Å². The number of nitrogens with one attached hydrogen (secondary N) is 3. The molecule has 0 saturated carbocycles. The Morgan fingerprint density at radius 3 is 2.79 bits per heavy atom. The number of halogens is 2. The Hall–Kier alpha value is -1.70. The zero-order valence-corrected chi connectivity index (χ0v) is 16.9. The normalized spacial score (nSPS) is 22.3. The highest BCUT2D eigenvalue weighted by atomic mass is 35.5. The molecule has 8 heteroatoms. The first-order valence-corrected chi connectivity index (χ1v) is 9.89. The van der Waals surface area contributed by atoms with Gasteiger partial charge in [0, 0.05) is 26.1 Å². The molecule has 6 nitrogen and oxygen atoms in total. The average Bonchev–Trinajstić information content (AvgIpc) is 3.22. The molecule has 28 heavy (non-hydrogen) atoms. The maximum Gasteiger partial charge on any atom is 0.237 e. The predicted molar refractivity (Wildman–Crippen MR) is 110 cm³/mol. The van der Waals surface area contributed by atoms with E-state index < -0.39 is 5.82 Å². The molecule has 2 saturated heterocycles. The van der Waals surface area contributed by atoms with E-state index in [-0.39, 0.29) is 36.0 Å². The zero-order valence-electron chi connectivity index (χ0n) is 16.1. The van der Waals surface area contributed by atoms with Crippen molar-refractivity contribution < 1.29 is 14.0 Å². The second-order valence-electron chi connectivity index (χ2n) is 7.48. The van der Waals surface area contributed by atoms with Gasteiger partial charge < -0.3 is 20.9 Å². The van der Waals surface area contributed by atoms with Crippen molar-refractivity contribution in [2.45, 2.75) is 38.1 Å². The Bertz CT molecular complexity index is 655. The number of hydrogen-bond acceptors (Lipinski definition) is 4. The average molecular weight is 413 g/mol. The summed E-state index contributed by atoms with van der Waals surface area (Å²) in [6.45, 7) is 4.10. The highest BCUT2D eigenvalue weighted by Gasteiger charge is 2.24. The van der Waals surface area contributed by atoms with Crippen LogP contribution in [0.25, 0.3) is 0 Å². The van der Waals surface area contributed by atoms with Gasteiger partial charge in [0.1, 0.15) is 5.82 Å². The van der Waals surface area contributed by atoms with Crippen LogP contribution in [-0.4, -0.2) is 55.5 Å². The lowest BCUT2D eigenvalue weighted by atomic mass is 9.97. The summed E-state index contributed by atoms with van der Waals surface area (Å²) in [6.07, 6.45) is 4.47. The van der Waals surface area contributed by atoms with Crippen LogP contribution in [0.15, 0.2) is 24.3 Å². The van der Waals surface area contributed by atoms with Crippen molar-refractivity contribution >= 4 is 29.9 Å². The monoisotopic (exact) mass is 412 g/mol. The van der Waals surface area contributed by atoms with Gasteiger partial charge in [-0.3, -0.25) is 9.59 Å². The quantitative estimate of drug-likeness (QED) is 0.641. The fraction of sp³-hybridized carbons (Fsp3) is 0.600. The molecule has 0 aromatic heterocycles. The van der Waals surface area contributed by atoms with Gasteiger partial charge >= 0.3 is 0 Å². The number of rotatable bonds is 7. The fourth-order valence-corrected chi connectivity index (χ4v) is 3.83. The lowest BCUT2D eigenvalue weighted by Gasteiger charge is -2.32. The number of carbonyl (C=O) groups excluding carboxylic acids is 2. The smallest absolute Gasteiger partial charge is 0.237 e. The molecular formula is C20H30ClFN4O2. The summed E-state index contributed by atoms with van der Waals surface area (Å²) in [7, 11) is 0. The van der Waals surface area contributed by atoms with Gasteiger partial charge in [0.05, 0.1) is 11.7 Å². The van der Waals surface area contributed by atoms with Crippen LogP contribution in [0.1, 0.15) is 32.1 Å². The minimum atomic E-state index is -0.420. The summed E-state index contributed by atoms with van der Waals surface area (Å²) in [4.78, 5) is 26.5. The number of hydrogen-bond donors (Lipinski definition) is 3. The summed E-state index contributed by atoms with van der Waals surface area (Å²) in [5.41, 5.74) is 0.224. The van der Waals surface area contributed by atoms with Crippen molar-refractivity contribution in [2.75, 3.05) is 38.0 Å². The first-order chi connectivity index (χ1) is 13.1. The van der Waals surface area contributed by atoms with E-state index >= 15 is 0 Å². The van der Waals surface area contributed by atoms with Crippen LogP contribution in [0, 0.1) is 11.7 Å². The van der Waals surface area contributed by atoms with Crippen LogP contribution in [0.5, 0.6) is 0 Å². The van der Waals surface area contributed by atoms with Gasteiger partial charge in [0.25, 0.3) is 0 Å². The van der Waals surface area contributed by atoms with E-state index in [2.05, 4.69) is 20.9 Å². The van der Waals surface area contributed by atoms with Crippen LogP contribution in [0.3, 0.4) is 0 Å². The highest BCUT2D eigenvalue weighted by Crippen LogP contribution is 2.17. The number of para-hydroxylation sites is 1. The largest absolute Gasteiger partial charge is 0.354 e. The van der Waals surface area contributed by atoms with Crippen molar-refractivity contribution in [3.05, 3.63) is 30.1 Å². The van der Waals surface area contributed by atoms with E-state index in [1.807, 2.05) is 0 Å². The topological polar surface area (TPSA) is 73.5 Å². The molecule has 0 radical (unpaired) electrons. The Kier molecular flexibility index (Phi) is 9.15. The van der Waals surface area contributed by atoms with Crippen LogP contribution < -0.4 is 16.0 Å². The Morgan fingerprint density at radius 2 is 2.04 bits per heavy atom. The van der Waals surface area contributed by atoms with Gasteiger partial charge in [-0.1, -0.05) is 12.1 Å². The molecule has 2 unspecified atom stereocenters. The number of carbonyl (C=O) groups is 2. The van der Waals surface area contributed by atoms with Crippen molar-refractivity contribution in [1.29, 1.82) is 0 Å². The van der Waals surface area contributed by atoms with E-state index in [0.717, 1.165) is 45.3 Å². The van der Waals surface area contributed by atoms with Gasteiger partial charge in [-0.05, 0) is 56.8 Å². The number of likely N-dealkylation sites (tertiary alicyclic amines) is 1. The van der Waals surface area contributed by atoms with E-state index in [0.29, 0.717) is 25.4 Å². The van der Waals surface area contributed by atoms with Gasteiger partial charge in [0.15, 0.2) is 0 Å². The molecule has 2 atom stereocenters. The van der Waals surface area contributed by atoms with E-state index in [1.54, 1.807) is 18.2 Å². The van der Waals surface area contributed by atoms with Crippen molar-refractivity contribution in [2.24, 2.45) is 5.92 Å². The molecule has 1 aromatic carbocycles. The summed E-state index contributed by atoms with van der Waals surface area (Å²) < 4.78 is 13.6. The summed E-state index contributed by atoms with van der Waals surface area (Å²) in [6, 6.07) is 6.16. The van der Waals surface area contributed by atoms with Gasteiger partial charge in [-0.2, -0.15) is 0 Å². The maximum atomic E-state index is 13.6. The molecule has 2 amide bonds. The second-order valence-corrected chi connectivity index (χ2v) is 7.48. The standard InChI is InChI=1S/C20H29FN4O2.ClH/c21-16-6-1-2-7-17(16)24-19(26)9-12-25-11-4-5-15(14-25)13-23-20(27)18-8-3-10-22-18;/h1-2,6-7,15,18,22H,3-5,8-14H2,(H,23,27)(H,24,26);1H. The molecule has 2 aliphatic rings. The molecule has 0 aliphatic carbocycles. The third kappa shape index (κ3) is 6.72. The lowest BCUT2D eigenvalue weighted by molar-refractivity contribution is -0.123. The van der Waals surface area contributed by atoms with Gasteiger partial charge in [-0.15, -0.1) is 12.4 Å². The van der Waals surface area contributed by atoms with Crippen molar-refractivity contribution in [3.8, 4) is 0 Å². The van der Waals surface area contributed by atoms with Crippen LogP contribution in [-0.2, 0) is 9.59 Å². The molecule has 3 N–H and O–H groups in total. The SMILES string of the molecule is Cl.O=C(CCN1CCCC(CNC(=O)C2CCCN2)C1)Nc1ccccc1F. The molecule has 1 aromatic rings. The third-order valence-electron chi connectivity index (χ3n) is 5.35. The molecule has 156 valence electrons. The maximum absolute atomic E-state index is 13.6. The zero-order chi connectivity index (χ0) is 19.1. The first kappa shape index (κ1) is 22.6. The number of nitrogens with zero attached hydrogens (tertiary/aromatic N) is 1. The second kappa shape index (κ2) is 11.3. The molecule has 0 bridgehead atoms. The minimum absolute atomic E-state index is 0. The van der Waals surface area contributed by atoms with E-state index in [9.17, 15) is 14.0 Å². The molecule has 2 heterocycles. The summed E-state index contributed by atoms with van der Waals surface area (Å²) >= 11 is 0.